The fourth-order valence-electron chi connectivity index (χ4n) is 1.26. The van der Waals surface area contributed by atoms with E-state index in [0.29, 0.717) is 5.69 Å². The molecular weight excluding hydrogens is 180 g/mol. The fraction of sp³-hybridized carbons (Fsp3) is 0.400. The number of aliphatic carboxylic acids is 1. The smallest absolute Gasteiger partial charge is 0.330 e. The lowest BCUT2D eigenvalue weighted by Crippen LogP contribution is -2.49. The van der Waals surface area contributed by atoms with Crippen molar-refractivity contribution in [2.24, 2.45) is 11.7 Å². The summed E-state index contributed by atoms with van der Waals surface area (Å²) in [5, 5.41) is 9.09. The number of hydrogen-bond donors (Lipinski definition) is 2. The summed E-state index contributed by atoms with van der Waals surface area (Å²) in [6.07, 6.45) is 1.54. The average Bonchev–Trinajstić information content (AvgIpc) is 2.17. The average molecular weight is 194 g/mol. The third-order valence-corrected chi connectivity index (χ3v) is 2.35. The Morgan fingerprint density at radius 2 is 2.21 bits per heavy atom. The molecule has 1 aromatic rings. The number of carboxylic acid groups (broad SMARTS) is 1. The first kappa shape index (κ1) is 10.7. The Balaban J connectivity index is 3.20. The number of nitrogens with zero attached hydrogens (tertiary/aromatic N) is 1. The van der Waals surface area contributed by atoms with Crippen LogP contribution in [0.4, 0.5) is 0 Å². The molecule has 4 heteroatoms. The zero-order valence-electron chi connectivity index (χ0n) is 8.27. The highest BCUT2D eigenvalue weighted by atomic mass is 16.4. The highest BCUT2D eigenvalue weighted by Gasteiger charge is 2.40. The molecule has 0 fully saturated rings. The second-order valence-electron chi connectivity index (χ2n) is 3.54. The predicted octanol–water partition coefficient (Wildman–Crippen LogP) is 0.976. The van der Waals surface area contributed by atoms with Gasteiger partial charge in [0.2, 0.25) is 0 Å². The molecule has 1 heterocycles. The summed E-state index contributed by atoms with van der Waals surface area (Å²) >= 11 is 0. The summed E-state index contributed by atoms with van der Waals surface area (Å²) in [7, 11) is 0. The number of rotatable bonds is 3. The van der Waals surface area contributed by atoms with Crippen molar-refractivity contribution in [2.75, 3.05) is 0 Å². The number of hydrogen-bond acceptors (Lipinski definition) is 3. The topological polar surface area (TPSA) is 76.2 Å². The summed E-state index contributed by atoms with van der Waals surface area (Å²) in [5.74, 6) is -1.26. The Kier molecular flexibility index (Phi) is 2.86. The van der Waals surface area contributed by atoms with Gasteiger partial charge in [0.25, 0.3) is 0 Å². The Morgan fingerprint density at radius 1 is 1.57 bits per heavy atom. The molecule has 76 valence electrons. The highest BCUT2D eigenvalue weighted by molar-refractivity contribution is 5.80. The molecular formula is C10H14N2O2. The first-order valence-corrected chi connectivity index (χ1v) is 4.43. The van der Waals surface area contributed by atoms with Crippen LogP contribution in [0.5, 0.6) is 0 Å². The molecule has 4 nitrogen and oxygen atoms in total. The van der Waals surface area contributed by atoms with Gasteiger partial charge in [-0.25, -0.2) is 4.79 Å². The molecule has 0 spiro atoms. The summed E-state index contributed by atoms with van der Waals surface area (Å²) in [6.45, 7) is 3.53. The Labute approximate surface area is 82.8 Å². The van der Waals surface area contributed by atoms with Crippen LogP contribution in [-0.4, -0.2) is 16.1 Å². The van der Waals surface area contributed by atoms with Crippen LogP contribution in [-0.2, 0) is 10.3 Å². The van der Waals surface area contributed by atoms with E-state index in [2.05, 4.69) is 4.98 Å². The van der Waals surface area contributed by atoms with E-state index in [1.807, 2.05) is 0 Å². The minimum Gasteiger partial charge on any atom is -0.480 e. The number of pyridine rings is 1. The molecule has 3 N–H and O–H groups in total. The molecule has 0 saturated heterocycles. The molecule has 1 atom stereocenters. The molecule has 0 amide bonds. The van der Waals surface area contributed by atoms with Crippen LogP contribution in [0.25, 0.3) is 0 Å². The van der Waals surface area contributed by atoms with Crippen molar-refractivity contribution in [1.82, 2.24) is 4.98 Å². The molecule has 0 aliphatic heterocycles. The van der Waals surface area contributed by atoms with E-state index in [1.165, 1.54) is 0 Å². The molecule has 0 saturated carbocycles. The van der Waals surface area contributed by atoms with Gasteiger partial charge in [-0.3, -0.25) is 4.98 Å². The van der Waals surface area contributed by atoms with Crippen molar-refractivity contribution in [2.45, 2.75) is 19.4 Å². The maximum absolute atomic E-state index is 11.1. The Hall–Kier alpha value is -1.42. The van der Waals surface area contributed by atoms with Crippen molar-refractivity contribution >= 4 is 5.97 Å². The number of carbonyl (C=O) groups is 1. The molecule has 0 aliphatic carbocycles. The van der Waals surface area contributed by atoms with E-state index >= 15 is 0 Å². The van der Waals surface area contributed by atoms with Gasteiger partial charge in [0, 0.05) is 6.20 Å². The largest absolute Gasteiger partial charge is 0.480 e. The summed E-state index contributed by atoms with van der Waals surface area (Å²) in [4.78, 5) is 15.1. The van der Waals surface area contributed by atoms with Crippen LogP contribution in [0.15, 0.2) is 24.4 Å². The van der Waals surface area contributed by atoms with E-state index in [-0.39, 0.29) is 5.92 Å². The van der Waals surface area contributed by atoms with E-state index in [1.54, 1.807) is 38.2 Å². The lowest BCUT2D eigenvalue weighted by atomic mass is 9.84. The Morgan fingerprint density at radius 3 is 2.57 bits per heavy atom. The molecule has 0 aromatic carbocycles. The summed E-state index contributed by atoms with van der Waals surface area (Å²) in [5.41, 5.74) is 4.83. The number of nitrogens with two attached hydrogens (primary N) is 1. The van der Waals surface area contributed by atoms with Crippen molar-refractivity contribution in [1.29, 1.82) is 0 Å². The van der Waals surface area contributed by atoms with Gasteiger partial charge in [-0.15, -0.1) is 0 Å². The van der Waals surface area contributed by atoms with Crippen molar-refractivity contribution in [3.05, 3.63) is 30.1 Å². The highest BCUT2D eigenvalue weighted by Crippen LogP contribution is 2.25. The van der Waals surface area contributed by atoms with Gasteiger partial charge in [-0.1, -0.05) is 19.9 Å². The second-order valence-corrected chi connectivity index (χ2v) is 3.54. The van der Waals surface area contributed by atoms with Gasteiger partial charge in [0.15, 0.2) is 5.54 Å². The minimum atomic E-state index is -1.40. The van der Waals surface area contributed by atoms with E-state index in [9.17, 15) is 4.79 Å². The van der Waals surface area contributed by atoms with E-state index < -0.39 is 11.5 Å². The zero-order chi connectivity index (χ0) is 10.8. The van der Waals surface area contributed by atoms with Crippen LogP contribution < -0.4 is 5.73 Å². The van der Waals surface area contributed by atoms with Gasteiger partial charge in [-0.05, 0) is 18.1 Å². The molecule has 0 unspecified atom stereocenters. The first-order valence-electron chi connectivity index (χ1n) is 4.43. The summed E-state index contributed by atoms with van der Waals surface area (Å²) in [6, 6.07) is 5.09. The monoisotopic (exact) mass is 194 g/mol. The van der Waals surface area contributed by atoms with Gasteiger partial charge in [-0.2, -0.15) is 0 Å². The zero-order valence-corrected chi connectivity index (χ0v) is 8.27. The number of aromatic nitrogens is 1. The van der Waals surface area contributed by atoms with Crippen LogP contribution in [0.1, 0.15) is 19.5 Å². The third kappa shape index (κ3) is 1.61. The SMILES string of the molecule is CC(C)[C@@](N)(C(=O)O)c1ccccn1. The van der Waals surface area contributed by atoms with Crippen LogP contribution in [0.3, 0.4) is 0 Å². The summed E-state index contributed by atoms with van der Waals surface area (Å²) < 4.78 is 0. The van der Waals surface area contributed by atoms with Crippen LogP contribution >= 0.6 is 0 Å². The van der Waals surface area contributed by atoms with E-state index in [0.717, 1.165) is 0 Å². The van der Waals surface area contributed by atoms with Gasteiger partial charge in [0.1, 0.15) is 0 Å². The number of carboxylic acids is 1. The predicted molar refractivity (Wildman–Crippen MR) is 52.6 cm³/mol. The van der Waals surface area contributed by atoms with Crippen LogP contribution in [0.2, 0.25) is 0 Å². The van der Waals surface area contributed by atoms with Crippen molar-refractivity contribution < 1.29 is 9.90 Å². The minimum absolute atomic E-state index is 0.213. The molecule has 0 bridgehead atoms. The van der Waals surface area contributed by atoms with Gasteiger partial charge >= 0.3 is 5.97 Å². The Bertz CT molecular complexity index is 324. The normalized spacial score (nSPS) is 15.1. The molecule has 0 radical (unpaired) electrons. The lowest BCUT2D eigenvalue weighted by molar-refractivity contribution is -0.145. The lowest BCUT2D eigenvalue weighted by Gasteiger charge is -2.27. The molecule has 1 rings (SSSR count). The molecule has 0 aliphatic rings. The van der Waals surface area contributed by atoms with Gasteiger partial charge in [0.05, 0.1) is 5.69 Å². The van der Waals surface area contributed by atoms with E-state index in [4.69, 9.17) is 10.8 Å². The van der Waals surface area contributed by atoms with Gasteiger partial charge < -0.3 is 10.8 Å². The standard InChI is InChI=1S/C10H14N2O2/c1-7(2)10(11,9(13)14)8-5-3-4-6-12-8/h3-7H,11H2,1-2H3,(H,13,14)/t10-/m0/s1. The molecule has 1 aromatic heterocycles. The quantitative estimate of drug-likeness (QED) is 0.751. The second kappa shape index (κ2) is 3.75. The third-order valence-electron chi connectivity index (χ3n) is 2.35. The first-order chi connectivity index (χ1) is 6.49. The fourth-order valence-corrected chi connectivity index (χ4v) is 1.26. The van der Waals surface area contributed by atoms with Crippen LogP contribution in [0, 0.1) is 5.92 Å². The molecule has 14 heavy (non-hydrogen) atoms. The van der Waals surface area contributed by atoms with Crippen molar-refractivity contribution in [3.8, 4) is 0 Å². The van der Waals surface area contributed by atoms with Crippen molar-refractivity contribution in [3.63, 3.8) is 0 Å². The maximum atomic E-state index is 11.1. The maximum Gasteiger partial charge on any atom is 0.330 e.